The van der Waals surface area contributed by atoms with Crippen LogP contribution in [0.3, 0.4) is 0 Å². The monoisotopic (exact) mass is 332 g/mol. The van der Waals surface area contributed by atoms with Crippen LogP contribution in [0.1, 0.15) is 10.4 Å². The first-order valence-electron chi connectivity index (χ1n) is 5.54. The van der Waals surface area contributed by atoms with Gasteiger partial charge in [-0.2, -0.15) is 0 Å². The van der Waals surface area contributed by atoms with Gasteiger partial charge in [0.1, 0.15) is 0 Å². The van der Waals surface area contributed by atoms with Crippen LogP contribution in [-0.4, -0.2) is 12.4 Å². The number of hydrogen-bond acceptors (Lipinski definition) is 2. The molecule has 0 amide bonds. The number of rotatable bonds is 4. The zero-order valence-electron chi connectivity index (χ0n) is 10.00. The predicted molar refractivity (Wildman–Crippen MR) is 77.7 cm³/mol. The van der Waals surface area contributed by atoms with E-state index >= 15 is 0 Å². The van der Waals surface area contributed by atoms with E-state index in [0.29, 0.717) is 5.02 Å². The van der Waals surface area contributed by atoms with Gasteiger partial charge in [-0.1, -0.05) is 40.9 Å². The second kappa shape index (κ2) is 6.44. The van der Waals surface area contributed by atoms with Crippen molar-refractivity contribution in [3.63, 3.8) is 0 Å². The maximum Gasteiger partial charge on any atom is 0.201 e. The van der Waals surface area contributed by atoms with E-state index in [-0.39, 0.29) is 28.0 Å². The van der Waals surface area contributed by atoms with Crippen molar-refractivity contribution in [1.29, 1.82) is 0 Å². The lowest BCUT2D eigenvalue weighted by molar-refractivity contribution is 0.0919. The summed E-state index contributed by atoms with van der Waals surface area (Å²) < 4.78 is 18.6. The molecule has 20 heavy (non-hydrogen) atoms. The van der Waals surface area contributed by atoms with Gasteiger partial charge in [-0.15, -0.1) is 0 Å². The van der Waals surface area contributed by atoms with E-state index in [1.807, 2.05) is 0 Å². The molecule has 2 rings (SSSR count). The number of halogens is 4. The molecule has 2 aromatic rings. The third-order valence-corrected chi connectivity index (χ3v) is 3.34. The summed E-state index contributed by atoms with van der Waals surface area (Å²) in [5.41, 5.74) is 0.253. The molecule has 0 radical (unpaired) electrons. The molecule has 2 nitrogen and oxygen atoms in total. The highest BCUT2D eigenvalue weighted by Crippen LogP contribution is 2.28. The molecule has 0 aliphatic carbocycles. The van der Waals surface area contributed by atoms with Gasteiger partial charge in [-0.3, -0.25) is 4.79 Å². The summed E-state index contributed by atoms with van der Waals surface area (Å²) in [6.45, 7) is -0.373. The van der Waals surface area contributed by atoms with Crippen molar-refractivity contribution in [2.24, 2.45) is 0 Å². The van der Waals surface area contributed by atoms with Crippen LogP contribution in [0.15, 0.2) is 36.4 Å². The van der Waals surface area contributed by atoms with Gasteiger partial charge in [0.05, 0.1) is 10.0 Å². The summed E-state index contributed by atoms with van der Waals surface area (Å²) in [5, 5.41) is 0.732. The second-order valence-corrected chi connectivity index (χ2v) is 5.14. The minimum atomic E-state index is -0.632. The Bertz CT molecular complexity index is 639. The number of ketones is 1. The maximum absolute atomic E-state index is 13.5. The summed E-state index contributed by atoms with van der Waals surface area (Å²) in [6, 6.07) is 8.59. The molecule has 2 aromatic carbocycles. The number of para-hydroxylation sites is 1. The van der Waals surface area contributed by atoms with Crippen molar-refractivity contribution >= 4 is 40.6 Å². The fourth-order valence-electron chi connectivity index (χ4n) is 1.55. The third-order valence-electron chi connectivity index (χ3n) is 2.50. The van der Waals surface area contributed by atoms with E-state index in [9.17, 15) is 9.18 Å². The van der Waals surface area contributed by atoms with Crippen LogP contribution >= 0.6 is 34.8 Å². The lowest BCUT2D eigenvalue weighted by Gasteiger charge is -2.09. The van der Waals surface area contributed by atoms with Crippen LogP contribution in [0.2, 0.25) is 15.1 Å². The zero-order valence-corrected chi connectivity index (χ0v) is 12.3. The number of ether oxygens (including phenoxy) is 1. The molecular formula is C14H8Cl3FO2. The molecule has 0 aliphatic heterocycles. The third kappa shape index (κ3) is 3.42. The topological polar surface area (TPSA) is 26.3 Å². The van der Waals surface area contributed by atoms with E-state index in [2.05, 4.69) is 0 Å². The van der Waals surface area contributed by atoms with Crippen LogP contribution in [0.25, 0.3) is 0 Å². The molecule has 0 aromatic heterocycles. The van der Waals surface area contributed by atoms with E-state index in [1.54, 1.807) is 0 Å². The average Bonchev–Trinajstić information content (AvgIpc) is 2.37. The first kappa shape index (κ1) is 15.1. The quantitative estimate of drug-likeness (QED) is 0.732. The first-order chi connectivity index (χ1) is 9.49. The molecule has 0 bridgehead atoms. The van der Waals surface area contributed by atoms with E-state index in [4.69, 9.17) is 39.5 Å². The predicted octanol–water partition coefficient (Wildman–Crippen LogP) is 5.05. The van der Waals surface area contributed by atoms with Crippen LogP contribution < -0.4 is 4.74 Å². The second-order valence-electron chi connectivity index (χ2n) is 3.89. The Labute approximate surface area is 130 Å². The van der Waals surface area contributed by atoms with Crippen molar-refractivity contribution in [2.45, 2.75) is 0 Å². The minimum absolute atomic E-state index is 0.0972. The zero-order chi connectivity index (χ0) is 14.7. The van der Waals surface area contributed by atoms with Gasteiger partial charge in [-0.25, -0.2) is 4.39 Å². The Morgan fingerprint density at radius 3 is 2.50 bits per heavy atom. The highest BCUT2D eigenvalue weighted by molar-refractivity contribution is 6.36. The molecule has 0 spiro atoms. The minimum Gasteiger partial charge on any atom is -0.481 e. The standard InChI is InChI=1S/C14H8Cl3FO2/c15-8-4-5-9(11(17)6-8)13(19)7-20-14-10(16)2-1-3-12(14)18/h1-6H,7H2. The molecule has 6 heteroatoms. The molecule has 0 saturated heterocycles. The number of carbonyl (C=O) groups is 1. The van der Waals surface area contributed by atoms with Crippen LogP contribution in [0.4, 0.5) is 4.39 Å². The number of carbonyl (C=O) groups excluding carboxylic acids is 1. The molecule has 0 saturated carbocycles. The molecule has 0 atom stereocenters. The Kier molecular flexibility index (Phi) is 4.86. The summed E-state index contributed by atoms with van der Waals surface area (Å²) in [7, 11) is 0. The Morgan fingerprint density at radius 1 is 1.10 bits per heavy atom. The van der Waals surface area contributed by atoms with Gasteiger partial charge in [0.2, 0.25) is 5.78 Å². The molecule has 0 aliphatic rings. The van der Waals surface area contributed by atoms with Crippen LogP contribution in [0, 0.1) is 5.82 Å². The molecule has 104 valence electrons. The summed E-state index contributed by atoms with van der Waals surface area (Å²) in [4.78, 5) is 12.0. The fourth-order valence-corrected chi connectivity index (χ4v) is 2.28. The molecule has 0 heterocycles. The maximum atomic E-state index is 13.5. The smallest absolute Gasteiger partial charge is 0.201 e. The summed E-state index contributed by atoms with van der Waals surface area (Å²) in [6.07, 6.45) is 0. The first-order valence-corrected chi connectivity index (χ1v) is 6.67. The van der Waals surface area contributed by atoms with Crippen molar-refractivity contribution in [2.75, 3.05) is 6.61 Å². The highest BCUT2D eigenvalue weighted by Gasteiger charge is 2.14. The Morgan fingerprint density at radius 2 is 1.85 bits per heavy atom. The number of hydrogen-bond donors (Lipinski definition) is 0. The molecule has 0 unspecified atom stereocenters. The van der Waals surface area contributed by atoms with Gasteiger partial charge in [0, 0.05) is 10.6 Å². The normalized spacial score (nSPS) is 10.4. The van der Waals surface area contributed by atoms with Gasteiger partial charge in [0.25, 0.3) is 0 Å². The van der Waals surface area contributed by atoms with Gasteiger partial charge < -0.3 is 4.74 Å². The summed E-state index contributed by atoms with van der Waals surface area (Å²) in [5.74, 6) is -1.19. The van der Waals surface area contributed by atoms with Crippen molar-refractivity contribution in [3.8, 4) is 5.75 Å². The average molecular weight is 334 g/mol. The van der Waals surface area contributed by atoms with Gasteiger partial charge in [-0.05, 0) is 30.3 Å². The van der Waals surface area contributed by atoms with Crippen LogP contribution in [-0.2, 0) is 0 Å². The van der Waals surface area contributed by atoms with Crippen molar-refractivity contribution in [3.05, 3.63) is 62.8 Å². The van der Waals surface area contributed by atoms with Crippen molar-refractivity contribution in [1.82, 2.24) is 0 Å². The van der Waals surface area contributed by atoms with Crippen LogP contribution in [0.5, 0.6) is 5.75 Å². The van der Waals surface area contributed by atoms with E-state index in [0.717, 1.165) is 0 Å². The number of Topliss-reactive ketones (excluding diaryl/α,β-unsaturated/α-hetero) is 1. The van der Waals surface area contributed by atoms with Gasteiger partial charge in [0.15, 0.2) is 18.2 Å². The Hall–Kier alpha value is -1.29. The lowest BCUT2D eigenvalue weighted by Crippen LogP contribution is -2.13. The highest BCUT2D eigenvalue weighted by atomic mass is 35.5. The SMILES string of the molecule is O=C(COc1c(F)cccc1Cl)c1ccc(Cl)cc1Cl. The largest absolute Gasteiger partial charge is 0.481 e. The van der Waals surface area contributed by atoms with Gasteiger partial charge >= 0.3 is 0 Å². The Balaban J connectivity index is 2.13. The number of benzene rings is 2. The van der Waals surface area contributed by atoms with Crippen molar-refractivity contribution < 1.29 is 13.9 Å². The lowest BCUT2D eigenvalue weighted by atomic mass is 10.1. The summed E-state index contributed by atoms with van der Waals surface area (Å²) >= 11 is 17.4. The van der Waals surface area contributed by atoms with E-state index < -0.39 is 11.6 Å². The molecule has 0 fully saturated rings. The van der Waals surface area contributed by atoms with E-state index in [1.165, 1.54) is 36.4 Å². The molecule has 0 N–H and O–H groups in total. The molecular weight excluding hydrogens is 326 g/mol. The fraction of sp³-hybridized carbons (Fsp3) is 0.0714.